The topological polar surface area (TPSA) is 49.3 Å². The summed E-state index contributed by atoms with van der Waals surface area (Å²) in [5.74, 6) is -0.0398. The first-order chi connectivity index (χ1) is 9.40. The Labute approximate surface area is 126 Å². The third kappa shape index (κ3) is 5.14. The van der Waals surface area contributed by atoms with Crippen molar-refractivity contribution in [3.05, 3.63) is 34.3 Å². The van der Waals surface area contributed by atoms with Gasteiger partial charge in [0.25, 0.3) is 0 Å². The summed E-state index contributed by atoms with van der Waals surface area (Å²) in [6, 6.07) is 5.85. The van der Waals surface area contributed by atoms with Gasteiger partial charge in [-0.3, -0.25) is 4.79 Å². The summed E-state index contributed by atoms with van der Waals surface area (Å²) in [4.78, 5) is 11.8. The number of hydrogen-bond acceptors (Lipinski definition) is 2. The lowest BCUT2D eigenvalue weighted by Gasteiger charge is -2.25. The van der Waals surface area contributed by atoms with Gasteiger partial charge in [-0.2, -0.15) is 0 Å². The van der Waals surface area contributed by atoms with Gasteiger partial charge in [0.05, 0.1) is 5.60 Å². The van der Waals surface area contributed by atoms with Crippen LogP contribution in [-0.4, -0.2) is 23.2 Å². The van der Waals surface area contributed by atoms with Gasteiger partial charge in [0, 0.05) is 18.0 Å². The maximum absolute atomic E-state index is 11.8. The fraction of sp³-hybridized carbons (Fsp3) is 0.562. The van der Waals surface area contributed by atoms with Crippen molar-refractivity contribution in [2.24, 2.45) is 0 Å². The van der Waals surface area contributed by atoms with E-state index in [1.807, 2.05) is 39.0 Å². The van der Waals surface area contributed by atoms with E-state index in [-0.39, 0.29) is 5.91 Å². The second kappa shape index (κ2) is 7.65. The fourth-order valence-electron chi connectivity index (χ4n) is 1.90. The van der Waals surface area contributed by atoms with Gasteiger partial charge in [-0.25, -0.2) is 0 Å². The lowest BCUT2D eigenvalue weighted by Crippen LogP contribution is -2.42. The Morgan fingerprint density at radius 1 is 1.35 bits per heavy atom. The van der Waals surface area contributed by atoms with Crippen LogP contribution in [0.3, 0.4) is 0 Å². The Morgan fingerprint density at radius 2 is 2.00 bits per heavy atom. The molecule has 0 saturated heterocycles. The average molecular weight is 298 g/mol. The van der Waals surface area contributed by atoms with Gasteiger partial charge in [0.1, 0.15) is 0 Å². The number of hydrogen-bond donors (Lipinski definition) is 2. The first kappa shape index (κ1) is 17.0. The van der Waals surface area contributed by atoms with Gasteiger partial charge in [-0.15, -0.1) is 0 Å². The molecule has 1 aromatic rings. The number of nitrogens with one attached hydrogen (secondary N) is 1. The summed E-state index contributed by atoms with van der Waals surface area (Å²) in [5, 5.41) is 13.6. The Bertz CT molecular complexity index is 456. The van der Waals surface area contributed by atoms with Gasteiger partial charge < -0.3 is 10.4 Å². The fourth-order valence-corrected chi connectivity index (χ4v) is 2.10. The molecule has 1 aromatic carbocycles. The smallest absolute Gasteiger partial charge is 0.220 e. The van der Waals surface area contributed by atoms with Crippen LogP contribution in [0.15, 0.2) is 18.2 Å². The predicted molar refractivity (Wildman–Crippen MR) is 83.1 cm³/mol. The molecule has 0 atom stereocenters. The molecule has 0 radical (unpaired) electrons. The third-order valence-electron chi connectivity index (χ3n) is 3.81. The molecule has 0 unspecified atom stereocenters. The van der Waals surface area contributed by atoms with Crippen LogP contribution < -0.4 is 5.32 Å². The normalized spacial score (nSPS) is 11.4. The monoisotopic (exact) mass is 297 g/mol. The van der Waals surface area contributed by atoms with Gasteiger partial charge in [0.2, 0.25) is 5.91 Å². The van der Waals surface area contributed by atoms with Gasteiger partial charge in [-0.05, 0) is 43.4 Å². The Balaban J connectivity index is 2.42. The van der Waals surface area contributed by atoms with Crippen LogP contribution in [-0.2, 0) is 11.2 Å². The number of carbonyl (C=O) groups is 1. The third-order valence-corrected chi connectivity index (χ3v) is 4.22. The molecule has 0 aliphatic carbocycles. The molecule has 20 heavy (non-hydrogen) atoms. The number of aryl methyl sites for hydroxylation is 2. The summed E-state index contributed by atoms with van der Waals surface area (Å²) in [6.07, 6.45) is 2.33. The van der Waals surface area contributed by atoms with Crippen molar-refractivity contribution in [1.29, 1.82) is 0 Å². The Kier molecular flexibility index (Phi) is 6.50. The van der Waals surface area contributed by atoms with E-state index in [2.05, 4.69) is 5.32 Å². The highest BCUT2D eigenvalue weighted by atomic mass is 35.5. The molecule has 3 nitrogen and oxygen atoms in total. The van der Waals surface area contributed by atoms with Crippen LogP contribution in [0.1, 0.15) is 44.2 Å². The lowest BCUT2D eigenvalue weighted by atomic mass is 9.97. The highest BCUT2D eigenvalue weighted by Gasteiger charge is 2.22. The average Bonchev–Trinajstić information content (AvgIpc) is 2.46. The zero-order valence-electron chi connectivity index (χ0n) is 12.5. The van der Waals surface area contributed by atoms with Crippen LogP contribution in [0, 0.1) is 6.92 Å². The molecule has 0 heterocycles. The second-order valence-electron chi connectivity index (χ2n) is 5.29. The van der Waals surface area contributed by atoms with Crippen molar-refractivity contribution < 1.29 is 9.90 Å². The van der Waals surface area contributed by atoms with E-state index in [9.17, 15) is 9.90 Å². The van der Waals surface area contributed by atoms with Crippen molar-refractivity contribution in [1.82, 2.24) is 5.32 Å². The lowest BCUT2D eigenvalue weighted by molar-refractivity contribution is -0.122. The number of benzene rings is 1. The van der Waals surface area contributed by atoms with Crippen molar-refractivity contribution in [3.8, 4) is 0 Å². The maximum Gasteiger partial charge on any atom is 0.220 e. The molecule has 112 valence electrons. The predicted octanol–water partition coefficient (Wildman–Crippen LogP) is 3.25. The van der Waals surface area contributed by atoms with E-state index in [4.69, 9.17) is 11.6 Å². The number of carbonyl (C=O) groups excluding carboxylic acids is 1. The molecule has 2 N–H and O–H groups in total. The van der Waals surface area contributed by atoms with Crippen molar-refractivity contribution >= 4 is 17.5 Å². The molecule has 0 spiro atoms. The van der Waals surface area contributed by atoms with Gasteiger partial charge >= 0.3 is 0 Å². The number of aliphatic hydroxyl groups is 1. The van der Waals surface area contributed by atoms with Crippen molar-refractivity contribution in [3.63, 3.8) is 0 Å². The first-order valence-corrected chi connectivity index (χ1v) is 7.52. The molecule has 1 amide bonds. The number of rotatable bonds is 7. The molecular formula is C16H24ClNO2. The minimum Gasteiger partial charge on any atom is -0.388 e. The van der Waals surface area contributed by atoms with E-state index in [1.54, 1.807) is 0 Å². The molecule has 0 aliphatic rings. The summed E-state index contributed by atoms with van der Waals surface area (Å²) in [6.45, 7) is 6.11. The van der Waals surface area contributed by atoms with E-state index in [0.29, 0.717) is 32.2 Å². The highest BCUT2D eigenvalue weighted by Crippen LogP contribution is 2.17. The summed E-state index contributed by atoms with van der Waals surface area (Å²) in [5.41, 5.74) is 1.30. The zero-order valence-corrected chi connectivity index (χ0v) is 13.3. The molecule has 1 rings (SSSR count). The maximum atomic E-state index is 11.8. The second-order valence-corrected chi connectivity index (χ2v) is 5.70. The van der Waals surface area contributed by atoms with Crippen LogP contribution >= 0.6 is 11.6 Å². The molecule has 0 aliphatic heterocycles. The van der Waals surface area contributed by atoms with Gasteiger partial charge in [-0.1, -0.05) is 37.6 Å². The molecule has 0 fully saturated rings. The Hall–Kier alpha value is -1.06. The van der Waals surface area contributed by atoms with Crippen LogP contribution in [0.25, 0.3) is 0 Å². The molecule has 4 heteroatoms. The van der Waals surface area contributed by atoms with E-state index < -0.39 is 5.60 Å². The summed E-state index contributed by atoms with van der Waals surface area (Å²) in [7, 11) is 0. The zero-order chi connectivity index (χ0) is 15.2. The molecule has 0 aromatic heterocycles. The van der Waals surface area contributed by atoms with E-state index in [1.165, 1.54) is 0 Å². The number of amides is 1. The minimum atomic E-state index is -0.789. The summed E-state index contributed by atoms with van der Waals surface area (Å²) >= 11 is 6.05. The number of halogens is 1. The first-order valence-electron chi connectivity index (χ1n) is 7.14. The minimum absolute atomic E-state index is 0.0398. The van der Waals surface area contributed by atoms with Crippen LogP contribution in [0.5, 0.6) is 0 Å². The molecule has 0 saturated carbocycles. The van der Waals surface area contributed by atoms with Crippen molar-refractivity contribution in [2.75, 3.05) is 6.54 Å². The highest BCUT2D eigenvalue weighted by molar-refractivity contribution is 6.31. The summed E-state index contributed by atoms with van der Waals surface area (Å²) < 4.78 is 0. The van der Waals surface area contributed by atoms with E-state index >= 15 is 0 Å². The quantitative estimate of drug-likeness (QED) is 0.811. The molecular weight excluding hydrogens is 274 g/mol. The molecule has 0 bridgehead atoms. The standard InChI is InChI=1S/C16H24ClNO2/c1-4-16(20,5-2)11-18-15(19)9-8-13-7-6-12(3)14(17)10-13/h6-7,10,20H,4-5,8-9,11H2,1-3H3,(H,18,19). The van der Waals surface area contributed by atoms with Gasteiger partial charge in [0.15, 0.2) is 0 Å². The SMILES string of the molecule is CCC(O)(CC)CNC(=O)CCc1ccc(C)c(Cl)c1. The van der Waals surface area contributed by atoms with Crippen LogP contribution in [0.4, 0.5) is 0 Å². The van der Waals surface area contributed by atoms with Crippen LogP contribution in [0.2, 0.25) is 5.02 Å². The van der Waals surface area contributed by atoms with E-state index in [0.717, 1.165) is 16.1 Å². The van der Waals surface area contributed by atoms with Crippen molar-refractivity contribution in [2.45, 2.75) is 52.1 Å². The largest absolute Gasteiger partial charge is 0.388 e. The Morgan fingerprint density at radius 3 is 2.55 bits per heavy atom.